The van der Waals surface area contributed by atoms with Crippen molar-refractivity contribution in [2.24, 2.45) is 11.7 Å². The number of hydrogen-bond acceptors (Lipinski definition) is 3. The molecule has 1 saturated heterocycles. The number of benzene rings is 1. The van der Waals surface area contributed by atoms with E-state index in [1.54, 1.807) is 17.0 Å². The van der Waals surface area contributed by atoms with Crippen molar-refractivity contribution in [3.63, 3.8) is 0 Å². The Labute approximate surface area is 118 Å². The first-order chi connectivity index (χ1) is 9.15. The van der Waals surface area contributed by atoms with Crippen LogP contribution < -0.4 is 15.4 Å². The fourth-order valence-corrected chi connectivity index (χ4v) is 2.37. The molecule has 0 bridgehead atoms. The van der Waals surface area contributed by atoms with E-state index in [4.69, 9.17) is 22.1 Å². The molecular formula is C14H19ClN2O2. The highest BCUT2D eigenvalue weighted by molar-refractivity contribution is 6.31. The molecule has 4 nitrogen and oxygen atoms in total. The van der Waals surface area contributed by atoms with Gasteiger partial charge in [-0.05, 0) is 37.1 Å². The first-order valence-corrected chi connectivity index (χ1v) is 6.96. The summed E-state index contributed by atoms with van der Waals surface area (Å²) in [5, 5.41) is 0.600. The minimum absolute atomic E-state index is 0.0825. The number of carbonyl (C=O) groups is 1. The number of nitrogens with two attached hydrogens (primary N) is 1. The molecule has 1 atom stereocenters. The van der Waals surface area contributed by atoms with Crippen LogP contribution in [0.2, 0.25) is 5.02 Å². The van der Waals surface area contributed by atoms with E-state index in [0.717, 1.165) is 12.1 Å². The number of hydrogen-bond donors (Lipinski definition) is 1. The zero-order chi connectivity index (χ0) is 13.8. The summed E-state index contributed by atoms with van der Waals surface area (Å²) in [5.74, 6) is 1.00. The number of halogens is 1. The van der Waals surface area contributed by atoms with Gasteiger partial charge in [-0.15, -0.1) is 0 Å². The molecule has 19 heavy (non-hydrogen) atoms. The van der Waals surface area contributed by atoms with Crippen LogP contribution in [0.4, 0.5) is 5.69 Å². The highest BCUT2D eigenvalue weighted by Crippen LogP contribution is 2.35. The summed E-state index contributed by atoms with van der Waals surface area (Å²) >= 11 is 6.03. The highest BCUT2D eigenvalue weighted by Gasteiger charge is 2.31. The summed E-state index contributed by atoms with van der Waals surface area (Å²) in [5.41, 5.74) is 6.40. The highest BCUT2D eigenvalue weighted by atomic mass is 35.5. The quantitative estimate of drug-likeness (QED) is 0.902. The summed E-state index contributed by atoms with van der Waals surface area (Å²) in [6.07, 6.45) is 1.41. The molecule has 1 amide bonds. The van der Waals surface area contributed by atoms with Gasteiger partial charge in [0.05, 0.1) is 12.3 Å². The van der Waals surface area contributed by atoms with Crippen molar-refractivity contribution in [3.8, 4) is 5.75 Å². The first-order valence-electron chi connectivity index (χ1n) is 6.58. The lowest BCUT2D eigenvalue weighted by atomic mass is 10.1. The molecule has 1 aromatic carbocycles. The maximum Gasteiger partial charge on any atom is 0.227 e. The first kappa shape index (κ1) is 14.2. The SMILES string of the molecule is CCCOc1ccc(Cl)cc1N1CC(CN)CC1=O. The van der Waals surface area contributed by atoms with Gasteiger partial charge in [0, 0.05) is 18.0 Å². The van der Waals surface area contributed by atoms with Gasteiger partial charge in [-0.3, -0.25) is 4.79 Å². The van der Waals surface area contributed by atoms with Gasteiger partial charge in [0.15, 0.2) is 0 Å². The second-order valence-electron chi connectivity index (χ2n) is 4.77. The normalized spacial score (nSPS) is 19.0. The molecule has 0 aromatic heterocycles. The van der Waals surface area contributed by atoms with Crippen molar-refractivity contribution in [2.45, 2.75) is 19.8 Å². The lowest BCUT2D eigenvalue weighted by Crippen LogP contribution is -2.26. The van der Waals surface area contributed by atoms with Gasteiger partial charge in [0.1, 0.15) is 5.75 Å². The van der Waals surface area contributed by atoms with Crippen molar-refractivity contribution < 1.29 is 9.53 Å². The summed E-state index contributed by atoms with van der Waals surface area (Å²) in [7, 11) is 0. The molecular weight excluding hydrogens is 264 g/mol. The predicted molar refractivity (Wildman–Crippen MR) is 76.8 cm³/mol. The van der Waals surface area contributed by atoms with Gasteiger partial charge >= 0.3 is 0 Å². The fraction of sp³-hybridized carbons (Fsp3) is 0.500. The average molecular weight is 283 g/mol. The minimum atomic E-state index is 0.0825. The second kappa shape index (κ2) is 6.26. The second-order valence-corrected chi connectivity index (χ2v) is 5.21. The Kier molecular flexibility index (Phi) is 4.66. The van der Waals surface area contributed by atoms with E-state index in [-0.39, 0.29) is 11.8 Å². The number of anilines is 1. The Morgan fingerprint density at radius 2 is 2.32 bits per heavy atom. The number of ether oxygens (including phenoxy) is 1. The van der Waals surface area contributed by atoms with Gasteiger partial charge in [-0.25, -0.2) is 0 Å². The third kappa shape index (κ3) is 3.19. The molecule has 1 fully saturated rings. The van der Waals surface area contributed by atoms with E-state index in [2.05, 4.69) is 0 Å². The Morgan fingerprint density at radius 1 is 1.53 bits per heavy atom. The van der Waals surface area contributed by atoms with Gasteiger partial charge in [0.25, 0.3) is 0 Å². The molecule has 1 unspecified atom stereocenters. The van der Waals surface area contributed by atoms with E-state index in [0.29, 0.717) is 36.9 Å². The topological polar surface area (TPSA) is 55.6 Å². The Hall–Kier alpha value is -1.26. The van der Waals surface area contributed by atoms with E-state index in [1.165, 1.54) is 0 Å². The van der Waals surface area contributed by atoms with Crippen molar-refractivity contribution in [1.82, 2.24) is 0 Å². The third-order valence-electron chi connectivity index (χ3n) is 3.21. The van der Waals surface area contributed by atoms with Crippen LogP contribution in [0.15, 0.2) is 18.2 Å². The molecule has 104 valence electrons. The largest absolute Gasteiger partial charge is 0.491 e. The van der Waals surface area contributed by atoms with Crippen LogP contribution in [0.5, 0.6) is 5.75 Å². The Morgan fingerprint density at radius 3 is 2.95 bits per heavy atom. The minimum Gasteiger partial charge on any atom is -0.491 e. The third-order valence-corrected chi connectivity index (χ3v) is 3.45. The molecule has 2 N–H and O–H groups in total. The summed E-state index contributed by atoms with van der Waals surface area (Å²) < 4.78 is 5.69. The maximum atomic E-state index is 12.1. The van der Waals surface area contributed by atoms with Gasteiger partial charge in [0.2, 0.25) is 5.91 Å². The zero-order valence-electron chi connectivity index (χ0n) is 11.1. The van der Waals surface area contributed by atoms with Crippen molar-refractivity contribution in [2.75, 3.05) is 24.6 Å². The van der Waals surface area contributed by atoms with Crippen LogP contribution in [0.3, 0.4) is 0 Å². The molecule has 1 aromatic rings. The molecule has 0 saturated carbocycles. The Balaban J connectivity index is 2.27. The van der Waals surface area contributed by atoms with Crippen LogP contribution in [-0.4, -0.2) is 25.6 Å². The average Bonchev–Trinajstić information content (AvgIpc) is 2.78. The lowest BCUT2D eigenvalue weighted by Gasteiger charge is -2.20. The molecule has 5 heteroatoms. The van der Waals surface area contributed by atoms with Gasteiger partial charge < -0.3 is 15.4 Å². The maximum absolute atomic E-state index is 12.1. The van der Waals surface area contributed by atoms with Crippen LogP contribution >= 0.6 is 11.6 Å². The molecule has 0 radical (unpaired) electrons. The summed E-state index contributed by atoms with van der Waals surface area (Å²) in [6.45, 7) is 3.82. The predicted octanol–water partition coefficient (Wildman–Crippen LogP) is 2.44. The molecule has 1 heterocycles. The van der Waals surface area contributed by atoms with Crippen LogP contribution in [0.25, 0.3) is 0 Å². The van der Waals surface area contributed by atoms with Crippen LogP contribution in [-0.2, 0) is 4.79 Å². The van der Waals surface area contributed by atoms with Crippen molar-refractivity contribution in [1.29, 1.82) is 0 Å². The van der Waals surface area contributed by atoms with Crippen LogP contribution in [0, 0.1) is 5.92 Å². The van der Waals surface area contributed by atoms with E-state index in [1.807, 2.05) is 13.0 Å². The smallest absolute Gasteiger partial charge is 0.227 e. The van der Waals surface area contributed by atoms with Crippen molar-refractivity contribution in [3.05, 3.63) is 23.2 Å². The number of carbonyl (C=O) groups excluding carboxylic acids is 1. The molecule has 2 rings (SSSR count). The Bertz CT molecular complexity index is 465. The number of amides is 1. The lowest BCUT2D eigenvalue weighted by molar-refractivity contribution is -0.117. The molecule has 0 aliphatic carbocycles. The zero-order valence-corrected chi connectivity index (χ0v) is 11.8. The fourth-order valence-electron chi connectivity index (χ4n) is 2.21. The van der Waals surface area contributed by atoms with Gasteiger partial charge in [-0.2, -0.15) is 0 Å². The summed E-state index contributed by atoms with van der Waals surface area (Å²) in [6, 6.07) is 5.37. The molecule has 1 aliphatic rings. The molecule has 0 spiro atoms. The van der Waals surface area contributed by atoms with E-state index < -0.39 is 0 Å². The van der Waals surface area contributed by atoms with Crippen LogP contribution in [0.1, 0.15) is 19.8 Å². The standard InChI is InChI=1S/C14H19ClN2O2/c1-2-5-19-13-4-3-11(15)7-12(13)17-9-10(8-16)6-14(17)18/h3-4,7,10H,2,5-6,8-9,16H2,1H3. The van der Waals surface area contributed by atoms with E-state index >= 15 is 0 Å². The monoisotopic (exact) mass is 282 g/mol. The van der Waals surface area contributed by atoms with Crippen molar-refractivity contribution >= 4 is 23.2 Å². The number of nitrogens with zero attached hydrogens (tertiary/aromatic N) is 1. The van der Waals surface area contributed by atoms with Gasteiger partial charge in [-0.1, -0.05) is 18.5 Å². The number of rotatable bonds is 5. The summed E-state index contributed by atoms with van der Waals surface area (Å²) in [4.78, 5) is 13.8. The van der Waals surface area contributed by atoms with E-state index in [9.17, 15) is 4.79 Å². The molecule has 1 aliphatic heterocycles.